The molecular formula is C13H14N4O3. The first-order chi connectivity index (χ1) is 9.83. The first-order valence-corrected chi connectivity index (χ1v) is 6.28. The molecule has 1 saturated heterocycles. The number of carbonyl (C=O) groups excluding carboxylic acids is 1. The molecule has 7 heteroatoms. The Kier molecular flexibility index (Phi) is 3.71. The summed E-state index contributed by atoms with van der Waals surface area (Å²) in [6.45, 7) is 1.27. The van der Waals surface area contributed by atoms with Crippen molar-refractivity contribution in [1.29, 1.82) is 0 Å². The molecule has 1 unspecified atom stereocenters. The molecule has 20 heavy (non-hydrogen) atoms. The molecule has 1 aliphatic heterocycles. The molecule has 2 aromatic rings. The van der Waals surface area contributed by atoms with Crippen molar-refractivity contribution < 1.29 is 14.3 Å². The van der Waals surface area contributed by atoms with Crippen LogP contribution in [0.3, 0.4) is 0 Å². The van der Waals surface area contributed by atoms with Crippen molar-refractivity contribution in [3.05, 3.63) is 36.9 Å². The number of aromatic nitrogens is 3. The maximum atomic E-state index is 12.0. The second kappa shape index (κ2) is 5.81. The normalized spacial score (nSPS) is 18.7. The Labute approximate surface area is 115 Å². The van der Waals surface area contributed by atoms with E-state index in [-0.39, 0.29) is 12.5 Å². The number of carbonyl (C=O) groups is 1. The van der Waals surface area contributed by atoms with Crippen LogP contribution in [0, 0.1) is 0 Å². The van der Waals surface area contributed by atoms with Gasteiger partial charge in [-0.1, -0.05) is 6.07 Å². The average Bonchev–Trinajstić information content (AvgIpc) is 3.03. The van der Waals surface area contributed by atoms with Crippen molar-refractivity contribution in [3.63, 3.8) is 0 Å². The molecule has 1 aromatic heterocycles. The first kappa shape index (κ1) is 12.8. The number of anilines is 1. The van der Waals surface area contributed by atoms with Crippen molar-refractivity contribution in [2.24, 2.45) is 0 Å². The van der Waals surface area contributed by atoms with Crippen molar-refractivity contribution in [2.75, 3.05) is 25.1 Å². The second-order valence-electron chi connectivity index (χ2n) is 4.34. The minimum Gasteiger partial charge on any atom is -0.376 e. The fourth-order valence-corrected chi connectivity index (χ4v) is 1.94. The number of amides is 1. The molecule has 0 saturated carbocycles. The summed E-state index contributed by atoms with van der Waals surface area (Å²) in [7, 11) is 0. The van der Waals surface area contributed by atoms with Crippen molar-refractivity contribution >= 4 is 11.6 Å². The maximum Gasteiger partial charge on any atom is 0.255 e. The molecule has 2 heterocycles. The van der Waals surface area contributed by atoms with Crippen LogP contribution in [-0.4, -0.2) is 46.6 Å². The van der Waals surface area contributed by atoms with Gasteiger partial charge in [0.2, 0.25) is 0 Å². The molecule has 0 aliphatic carbocycles. The molecule has 1 fully saturated rings. The lowest BCUT2D eigenvalue weighted by molar-refractivity contribution is -0.142. The standard InChI is InChI=1S/C13H14N4O3/c18-13(12-7-19-4-5-20-12)16-10-2-1-3-11(6-10)17-8-14-15-9-17/h1-3,6,8-9,12H,4-5,7H2,(H,16,18). The number of hydrogen-bond acceptors (Lipinski definition) is 5. The smallest absolute Gasteiger partial charge is 0.255 e. The molecule has 3 rings (SSSR count). The van der Waals surface area contributed by atoms with Gasteiger partial charge >= 0.3 is 0 Å². The molecule has 0 radical (unpaired) electrons. The lowest BCUT2D eigenvalue weighted by Crippen LogP contribution is -2.39. The Bertz CT molecular complexity index is 579. The van der Waals surface area contributed by atoms with E-state index in [1.165, 1.54) is 0 Å². The van der Waals surface area contributed by atoms with E-state index in [4.69, 9.17) is 9.47 Å². The Hall–Kier alpha value is -2.25. The van der Waals surface area contributed by atoms with Gasteiger partial charge < -0.3 is 14.8 Å². The zero-order chi connectivity index (χ0) is 13.8. The van der Waals surface area contributed by atoms with Gasteiger partial charge in [0.15, 0.2) is 6.10 Å². The Morgan fingerprint density at radius 3 is 2.90 bits per heavy atom. The third-order valence-electron chi connectivity index (χ3n) is 2.94. The molecule has 1 amide bonds. The summed E-state index contributed by atoms with van der Waals surface area (Å²) in [4.78, 5) is 12.0. The highest BCUT2D eigenvalue weighted by atomic mass is 16.6. The van der Waals surface area contributed by atoms with Crippen LogP contribution in [0.2, 0.25) is 0 Å². The van der Waals surface area contributed by atoms with E-state index in [2.05, 4.69) is 15.5 Å². The number of nitrogens with zero attached hydrogens (tertiary/aromatic N) is 3. The fraction of sp³-hybridized carbons (Fsp3) is 0.308. The zero-order valence-electron chi connectivity index (χ0n) is 10.7. The van der Waals surface area contributed by atoms with E-state index in [1.807, 2.05) is 24.3 Å². The van der Waals surface area contributed by atoms with Gasteiger partial charge in [-0.15, -0.1) is 10.2 Å². The summed E-state index contributed by atoms with van der Waals surface area (Å²) in [5.41, 5.74) is 1.56. The SMILES string of the molecule is O=C(Nc1cccc(-n2cnnc2)c1)C1COCCO1. The molecule has 1 N–H and O–H groups in total. The lowest BCUT2D eigenvalue weighted by atomic mass is 10.2. The molecule has 1 aromatic carbocycles. The number of hydrogen-bond donors (Lipinski definition) is 1. The van der Waals surface area contributed by atoms with Gasteiger partial charge in [0, 0.05) is 5.69 Å². The second-order valence-corrected chi connectivity index (χ2v) is 4.34. The van der Waals surface area contributed by atoms with Crippen LogP contribution in [0.5, 0.6) is 0 Å². The van der Waals surface area contributed by atoms with E-state index in [1.54, 1.807) is 17.2 Å². The fourth-order valence-electron chi connectivity index (χ4n) is 1.94. The van der Waals surface area contributed by atoms with Crippen LogP contribution in [0.15, 0.2) is 36.9 Å². The molecule has 104 valence electrons. The predicted octanol–water partition coefficient (Wildman–Crippen LogP) is 0.621. The van der Waals surface area contributed by atoms with E-state index >= 15 is 0 Å². The van der Waals surface area contributed by atoms with Gasteiger partial charge in [-0.2, -0.15) is 0 Å². The van der Waals surface area contributed by atoms with Crippen LogP contribution in [0.25, 0.3) is 5.69 Å². The summed E-state index contributed by atoms with van der Waals surface area (Å²) in [5.74, 6) is -0.203. The molecule has 7 nitrogen and oxygen atoms in total. The summed E-state index contributed by atoms with van der Waals surface area (Å²) >= 11 is 0. The number of ether oxygens (including phenoxy) is 2. The van der Waals surface area contributed by atoms with Crippen LogP contribution in [0.4, 0.5) is 5.69 Å². The van der Waals surface area contributed by atoms with E-state index in [0.717, 1.165) is 5.69 Å². The monoisotopic (exact) mass is 274 g/mol. The van der Waals surface area contributed by atoms with Crippen LogP contribution >= 0.6 is 0 Å². The highest BCUT2D eigenvalue weighted by Crippen LogP contribution is 2.15. The summed E-state index contributed by atoms with van der Waals surface area (Å²) in [6.07, 6.45) is 2.64. The molecular weight excluding hydrogens is 260 g/mol. The summed E-state index contributed by atoms with van der Waals surface area (Å²) in [5, 5.41) is 10.3. The highest BCUT2D eigenvalue weighted by Gasteiger charge is 2.22. The molecule has 0 spiro atoms. The Morgan fingerprint density at radius 1 is 1.30 bits per heavy atom. The van der Waals surface area contributed by atoms with Gasteiger partial charge in [-0.25, -0.2) is 0 Å². The Balaban J connectivity index is 1.71. The van der Waals surface area contributed by atoms with Crippen molar-refractivity contribution in [2.45, 2.75) is 6.10 Å². The van der Waals surface area contributed by atoms with Crippen molar-refractivity contribution in [1.82, 2.24) is 14.8 Å². The third kappa shape index (κ3) is 2.84. The maximum absolute atomic E-state index is 12.0. The van der Waals surface area contributed by atoms with Crippen LogP contribution < -0.4 is 5.32 Å². The summed E-state index contributed by atoms with van der Waals surface area (Å²) in [6, 6.07) is 7.41. The number of benzene rings is 1. The Morgan fingerprint density at radius 2 is 2.15 bits per heavy atom. The third-order valence-corrected chi connectivity index (χ3v) is 2.94. The highest BCUT2D eigenvalue weighted by molar-refractivity contribution is 5.94. The minimum atomic E-state index is -0.553. The molecule has 1 aliphatic rings. The van der Waals surface area contributed by atoms with E-state index < -0.39 is 6.10 Å². The van der Waals surface area contributed by atoms with Gasteiger partial charge in [-0.05, 0) is 18.2 Å². The van der Waals surface area contributed by atoms with E-state index in [9.17, 15) is 4.79 Å². The van der Waals surface area contributed by atoms with Gasteiger partial charge in [0.25, 0.3) is 5.91 Å². The zero-order valence-corrected chi connectivity index (χ0v) is 10.7. The van der Waals surface area contributed by atoms with E-state index in [0.29, 0.717) is 18.9 Å². The largest absolute Gasteiger partial charge is 0.376 e. The van der Waals surface area contributed by atoms with Gasteiger partial charge in [-0.3, -0.25) is 9.36 Å². The first-order valence-electron chi connectivity index (χ1n) is 6.28. The average molecular weight is 274 g/mol. The lowest BCUT2D eigenvalue weighted by Gasteiger charge is -2.22. The van der Waals surface area contributed by atoms with Gasteiger partial charge in [0.05, 0.1) is 25.5 Å². The number of rotatable bonds is 3. The minimum absolute atomic E-state index is 0.203. The summed E-state index contributed by atoms with van der Waals surface area (Å²) < 4.78 is 12.3. The van der Waals surface area contributed by atoms with Gasteiger partial charge in [0.1, 0.15) is 12.7 Å². The molecule has 0 bridgehead atoms. The molecule has 1 atom stereocenters. The topological polar surface area (TPSA) is 78.3 Å². The van der Waals surface area contributed by atoms with Crippen molar-refractivity contribution in [3.8, 4) is 5.69 Å². The van der Waals surface area contributed by atoms with Crippen LogP contribution in [0.1, 0.15) is 0 Å². The quantitative estimate of drug-likeness (QED) is 0.887. The van der Waals surface area contributed by atoms with Crippen LogP contribution in [-0.2, 0) is 14.3 Å². The number of nitrogens with one attached hydrogen (secondary N) is 1. The predicted molar refractivity (Wildman–Crippen MR) is 70.5 cm³/mol.